The van der Waals surface area contributed by atoms with Crippen LogP contribution < -0.4 is 24.4 Å². The highest BCUT2D eigenvalue weighted by Crippen LogP contribution is 2.36. The van der Waals surface area contributed by atoms with E-state index in [0.29, 0.717) is 51.8 Å². The Morgan fingerprint density at radius 3 is 2.64 bits per heavy atom. The van der Waals surface area contributed by atoms with E-state index >= 15 is 0 Å². The van der Waals surface area contributed by atoms with Gasteiger partial charge in [-0.1, -0.05) is 59.3 Å². The van der Waals surface area contributed by atoms with Crippen molar-refractivity contribution in [3.05, 3.63) is 123 Å². The molecule has 0 unspecified atom stereocenters. The Labute approximate surface area is 276 Å². The average molecular weight is 747 g/mol. The van der Waals surface area contributed by atoms with Crippen LogP contribution in [0.15, 0.2) is 81.7 Å². The quantitative estimate of drug-likeness (QED) is 0.143. The summed E-state index contributed by atoms with van der Waals surface area (Å²) in [6, 6.07) is 16.3. The van der Waals surface area contributed by atoms with E-state index < -0.39 is 12.0 Å². The fraction of sp³-hybridized carbons (Fsp3) is 0.242. The van der Waals surface area contributed by atoms with E-state index in [2.05, 4.69) is 27.6 Å². The highest BCUT2D eigenvalue weighted by Gasteiger charge is 2.35. The molecular formula is C33H29ClFIN2O5S. The molecule has 228 valence electrons. The van der Waals surface area contributed by atoms with Gasteiger partial charge in [0.2, 0.25) is 0 Å². The molecule has 2 heterocycles. The van der Waals surface area contributed by atoms with Gasteiger partial charge in [-0.25, -0.2) is 14.2 Å². The van der Waals surface area contributed by atoms with Crippen LogP contribution >= 0.6 is 45.5 Å². The maximum Gasteiger partial charge on any atom is 0.338 e. The topological polar surface area (TPSA) is 79.1 Å². The predicted octanol–water partition coefficient (Wildman–Crippen LogP) is 6.56. The van der Waals surface area contributed by atoms with Crippen LogP contribution in [-0.2, 0) is 16.1 Å². The summed E-state index contributed by atoms with van der Waals surface area (Å²) in [5, 5.41) is 0.449. The fourth-order valence-corrected chi connectivity index (χ4v) is 7.15. The molecule has 1 aliphatic rings. The third kappa shape index (κ3) is 6.62. The predicted molar refractivity (Wildman–Crippen MR) is 178 cm³/mol. The first-order valence-corrected chi connectivity index (χ1v) is 16.2. The Bertz CT molecular complexity index is 1950. The molecule has 0 amide bonds. The van der Waals surface area contributed by atoms with Crippen molar-refractivity contribution in [3.8, 4) is 11.5 Å². The lowest BCUT2D eigenvalue weighted by atomic mass is 9.95. The molecule has 0 bridgehead atoms. The molecule has 0 radical (unpaired) electrons. The largest absolute Gasteiger partial charge is 0.491 e. The van der Waals surface area contributed by atoms with Crippen molar-refractivity contribution in [2.24, 2.45) is 4.99 Å². The SMILES string of the molecule is CCOC(=O)C1=C(C)N=c2s/c(=C\c3cc(Cl)cc(I)c3OCc3ccccc3F)c(=O)n2[C@@H]1c1ccccc1OC(C)C. The molecular weight excluding hydrogens is 718 g/mol. The van der Waals surface area contributed by atoms with Crippen LogP contribution in [0.4, 0.5) is 4.39 Å². The van der Waals surface area contributed by atoms with E-state index in [4.69, 9.17) is 25.8 Å². The van der Waals surface area contributed by atoms with Crippen LogP contribution in [-0.4, -0.2) is 23.2 Å². The van der Waals surface area contributed by atoms with Crippen molar-refractivity contribution in [1.29, 1.82) is 0 Å². The minimum Gasteiger partial charge on any atom is -0.491 e. The molecule has 1 aliphatic heterocycles. The Kier molecular flexibility index (Phi) is 9.91. The number of aromatic nitrogens is 1. The lowest BCUT2D eigenvalue weighted by Crippen LogP contribution is -2.40. The second kappa shape index (κ2) is 13.7. The summed E-state index contributed by atoms with van der Waals surface area (Å²) >= 11 is 9.71. The smallest absolute Gasteiger partial charge is 0.338 e. The summed E-state index contributed by atoms with van der Waals surface area (Å²) in [6.45, 7) is 7.44. The van der Waals surface area contributed by atoms with Crippen LogP contribution in [0.25, 0.3) is 6.08 Å². The van der Waals surface area contributed by atoms with E-state index in [1.165, 1.54) is 22.0 Å². The molecule has 1 aromatic heterocycles. The molecule has 44 heavy (non-hydrogen) atoms. The number of esters is 1. The standard InChI is InChI=1S/C33H29ClFIN2O5S/c1-5-41-32(40)28-19(4)37-33-38(29(28)23-11-7-9-13-26(23)43-18(2)3)31(39)27(44-33)15-21-14-22(34)16-25(36)30(21)42-17-20-10-6-8-12-24(20)35/h6-16,18,29H,5,17H2,1-4H3/b27-15-/t29-/m1/s1. The Balaban J connectivity index is 1.68. The number of thiazole rings is 1. The minimum absolute atomic E-state index is 0.0128. The summed E-state index contributed by atoms with van der Waals surface area (Å²) in [5.74, 6) is 0.0768. The number of hydrogen-bond acceptors (Lipinski definition) is 7. The summed E-state index contributed by atoms with van der Waals surface area (Å²) in [5.41, 5.74) is 1.93. The Morgan fingerprint density at radius 1 is 1.18 bits per heavy atom. The van der Waals surface area contributed by atoms with Crippen molar-refractivity contribution in [1.82, 2.24) is 4.57 Å². The highest BCUT2D eigenvalue weighted by atomic mass is 127. The number of allylic oxidation sites excluding steroid dienone is 1. The molecule has 7 nitrogen and oxygen atoms in total. The molecule has 3 aromatic carbocycles. The third-order valence-electron chi connectivity index (χ3n) is 6.75. The lowest BCUT2D eigenvalue weighted by Gasteiger charge is -2.26. The van der Waals surface area contributed by atoms with Gasteiger partial charge in [0.1, 0.15) is 30.0 Å². The van der Waals surface area contributed by atoms with Gasteiger partial charge in [-0.05, 0) is 80.6 Å². The van der Waals surface area contributed by atoms with Gasteiger partial charge in [0, 0.05) is 21.7 Å². The van der Waals surface area contributed by atoms with Crippen molar-refractivity contribution in [3.63, 3.8) is 0 Å². The molecule has 11 heteroatoms. The number of carbonyl (C=O) groups excluding carboxylic acids is 1. The minimum atomic E-state index is -0.835. The van der Waals surface area contributed by atoms with Gasteiger partial charge >= 0.3 is 5.97 Å². The number of benzene rings is 3. The molecule has 0 aliphatic carbocycles. The van der Waals surface area contributed by atoms with E-state index in [9.17, 15) is 14.0 Å². The Morgan fingerprint density at radius 2 is 1.91 bits per heavy atom. The summed E-state index contributed by atoms with van der Waals surface area (Å²) in [7, 11) is 0. The summed E-state index contributed by atoms with van der Waals surface area (Å²) < 4.78 is 34.5. The molecule has 0 fully saturated rings. The molecule has 0 N–H and O–H groups in total. The zero-order chi connectivity index (χ0) is 31.5. The number of rotatable bonds is 9. The van der Waals surface area contributed by atoms with Crippen LogP contribution in [0.1, 0.15) is 50.4 Å². The zero-order valence-corrected chi connectivity index (χ0v) is 28.1. The van der Waals surface area contributed by atoms with Crippen molar-refractivity contribution in [2.45, 2.75) is 46.4 Å². The van der Waals surface area contributed by atoms with E-state index in [1.54, 1.807) is 50.3 Å². The van der Waals surface area contributed by atoms with Crippen molar-refractivity contribution >= 4 is 57.6 Å². The number of ether oxygens (including phenoxy) is 3. The van der Waals surface area contributed by atoms with Crippen LogP contribution in [0.5, 0.6) is 11.5 Å². The average Bonchev–Trinajstić information content (AvgIpc) is 3.26. The van der Waals surface area contributed by atoms with Gasteiger partial charge in [0.15, 0.2) is 4.80 Å². The normalized spacial score (nSPS) is 14.8. The van der Waals surface area contributed by atoms with Gasteiger partial charge < -0.3 is 14.2 Å². The van der Waals surface area contributed by atoms with Crippen molar-refractivity contribution in [2.75, 3.05) is 6.61 Å². The molecule has 4 aromatic rings. The van der Waals surface area contributed by atoms with Crippen LogP contribution in [0.3, 0.4) is 0 Å². The van der Waals surface area contributed by atoms with E-state index in [1.807, 2.05) is 38.1 Å². The molecule has 1 atom stereocenters. The number of hydrogen-bond donors (Lipinski definition) is 0. The first-order chi connectivity index (χ1) is 21.1. The number of nitrogens with zero attached hydrogens (tertiary/aromatic N) is 2. The maximum atomic E-state index is 14.3. The lowest BCUT2D eigenvalue weighted by molar-refractivity contribution is -0.139. The van der Waals surface area contributed by atoms with Gasteiger partial charge in [0.25, 0.3) is 5.56 Å². The van der Waals surface area contributed by atoms with Crippen LogP contribution in [0, 0.1) is 9.39 Å². The number of para-hydroxylation sites is 1. The van der Waals surface area contributed by atoms with Gasteiger partial charge in [-0.15, -0.1) is 0 Å². The van der Waals surface area contributed by atoms with Crippen LogP contribution in [0.2, 0.25) is 5.02 Å². The monoisotopic (exact) mass is 746 g/mol. The van der Waals surface area contributed by atoms with Gasteiger partial charge in [-0.3, -0.25) is 9.36 Å². The second-order valence-electron chi connectivity index (χ2n) is 10.2. The zero-order valence-electron chi connectivity index (χ0n) is 24.4. The molecule has 5 rings (SSSR count). The van der Waals surface area contributed by atoms with Gasteiger partial charge in [0.05, 0.1) is 32.1 Å². The van der Waals surface area contributed by atoms with E-state index in [0.717, 1.165) is 0 Å². The van der Waals surface area contributed by atoms with Crippen molar-refractivity contribution < 1.29 is 23.4 Å². The molecule has 0 saturated carbocycles. The summed E-state index contributed by atoms with van der Waals surface area (Å²) in [4.78, 5) is 32.6. The first-order valence-electron chi connectivity index (χ1n) is 13.9. The Hall–Kier alpha value is -3.48. The highest BCUT2D eigenvalue weighted by molar-refractivity contribution is 14.1. The fourth-order valence-electron chi connectivity index (χ4n) is 4.90. The van der Waals surface area contributed by atoms with E-state index in [-0.39, 0.29) is 36.3 Å². The van der Waals surface area contributed by atoms with Gasteiger partial charge in [-0.2, -0.15) is 0 Å². The number of fused-ring (bicyclic) bond motifs is 1. The second-order valence-corrected chi connectivity index (χ2v) is 12.8. The summed E-state index contributed by atoms with van der Waals surface area (Å²) in [6.07, 6.45) is 1.54. The third-order valence-corrected chi connectivity index (χ3v) is 8.75. The number of carbonyl (C=O) groups is 1. The maximum absolute atomic E-state index is 14.3. The molecule has 0 saturated heterocycles. The molecule has 0 spiro atoms. The number of halogens is 3. The first kappa shape index (κ1) is 31.9.